The highest BCUT2D eigenvalue weighted by atomic mass is 16.3. The molecule has 0 fully saturated rings. The third-order valence-electron chi connectivity index (χ3n) is 2.51. The Morgan fingerprint density at radius 1 is 1.38 bits per heavy atom. The van der Waals surface area contributed by atoms with E-state index in [2.05, 4.69) is 0 Å². The van der Waals surface area contributed by atoms with E-state index in [0.29, 0.717) is 11.1 Å². The van der Waals surface area contributed by atoms with Crippen molar-refractivity contribution in [2.45, 2.75) is 32.2 Å². The van der Waals surface area contributed by atoms with Crippen molar-refractivity contribution in [1.29, 1.82) is 5.26 Å². The Kier molecular flexibility index (Phi) is 4.44. The smallest absolute Gasteiger partial charge is 0.106 e. The molecule has 86 valence electrons. The van der Waals surface area contributed by atoms with Crippen molar-refractivity contribution in [3.63, 3.8) is 0 Å². The van der Waals surface area contributed by atoms with Crippen LogP contribution in [0.25, 0.3) is 0 Å². The predicted octanol–water partition coefficient (Wildman–Crippen LogP) is 0.795. The molecule has 0 bridgehead atoms. The van der Waals surface area contributed by atoms with E-state index < -0.39 is 12.2 Å². The van der Waals surface area contributed by atoms with Gasteiger partial charge in [-0.15, -0.1) is 0 Å². The molecule has 0 saturated heterocycles. The van der Waals surface area contributed by atoms with Crippen LogP contribution in [0.5, 0.6) is 0 Å². The summed E-state index contributed by atoms with van der Waals surface area (Å²) in [4.78, 5) is 0. The van der Waals surface area contributed by atoms with E-state index in [1.165, 1.54) is 0 Å². The average molecular weight is 221 g/mol. The number of nitrogens with zero attached hydrogens (tertiary/aromatic N) is 1. The van der Waals surface area contributed by atoms with E-state index in [0.717, 1.165) is 5.56 Å². The van der Waals surface area contributed by atoms with Crippen molar-refractivity contribution in [1.82, 2.24) is 0 Å². The maximum atomic E-state index is 9.84. The minimum absolute atomic E-state index is 0.117. The number of hydrogen-bond donors (Lipinski definition) is 3. The van der Waals surface area contributed by atoms with Crippen LogP contribution in [0.15, 0.2) is 18.2 Å². The first-order chi connectivity index (χ1) is 7.60. The molecule has 1 rings (SSSR count). The lowest BCUT2D eigenvalue weighted by atomic mass is 9.96. The fourth-order valence-corrected chi connectivity index (χ4v) is 1.52. The Morgan fingerprint density at radius 2 is 2.06 bits per heavy atom. The standard InChI is InChI=1S/C12H15NO3/c1-8-2-3-9(7-14)6-10(8)12(16)11(15)4-5-13/h2-3,6,11-12,14-16H,4,7H2,1H3. The molecular weight excluding hydrogens is 206 g/mol. The molecule has 0 saturated carbocycles. The van der Waals surface area contributed by atoms with E-state index >= 15 is 0 Å². The van der Waals surface area contributed by atoms with Crippen LogP contribution in [-0.2, 0) is 6.61 Å². The van der Waals surface area contributed by atoms with Gasteiger partial charge in [-0.2, -0.15) is 5.26 Å². The van der Waals surface area contributed by atoms with Gasteiger partial charge < -0.3 is 15.3 Å². The van der Waals surface area contributed by atoms with Gasteiger partial charge in [0.15, 0.2) is 0 Å². The molecule has 0 aliphatic heterocycles. The summed E-state index contributed by atoms with van der Waals surface area (Å²) >= 11 is 0. The molecule has 0 aliphatic carbocycles. The second kappa shape index (κ2) is 5.61. The summed E-state index contributed by atoms with van der Waals surface area (Å²) in [6.07, 6.45) is -2.31. The minimum atomic E-state index is -1.10. The molecule has 0 heterocycles. The topological polar surface area (TPSA) is 84.5 Å². The summed E-state index contributed by atoms with van der Waals surface area (Å²) in [6, 6.07) is 6.97. The van der Waals surface area contributed by atoms with Gasteiger partial charge in [0.2, 0.25) is 0 Å². The summed E-state index contributed by atoms with van der Waals surface area (Å²) in [6.45, 7) is 1.69. The molecule has 1 aromatic carbocycles. The number of hydrogen-bond acceptors (Lipinski definition) is 4. The van der Waals surface area contributed by atoms with Crippen LogP contribution >= 0.6 is 0 Å². The Bertz CT molecular complexity index is 398. The molecule has 2 atom stereocenters. The number of rotatable bonds is 4. The molecule has 0 aliphatic rings. The van der Waals surface area contributed by atoms with Crippen LogP contribution in [0.1, 0.15) is 29.2 Å². The lowest BCUT2D eigenvalue weighted by Gasteiger charge is -2.18. The highest BCUT2D eigenvalue weighted by molar-refractivity contribution is 5.33. The Hall–Kier alpha value is -1.41. The monoisotopic (exact) mass is 221 g/mol. The normalized spacial score (nSPS) is 14.2. The van der Waals surface area contributed by atoms with Gasteiger partial charge in [0.05, 0.1) is 25.2 Å². The Morgan fingerprint density at radius 3 is 2.62 bits per heavy atom. The Balaban J connectivity index is 2.98. The highest BCUT2D eigenvalue weighted by Gasteiger charge is 2.19. The van der Waals surface area contributed by atoms with Crippen molar-refractivity contribution in [3.05, 3.63) is 34.9 Å². The molecule has 0 aromatic heterocycles. The molecular formula is C12H15NO3. The van der Waals surface area contributed by atoms with Gasteiger partial charge in [0.25, 0.3) is 0 Å². The SMILES string of the molecule is Cc1ccc(CO)cc1C(O)C(O)CC#N. The number of nitriles is 1. The number of benzene rings is 1. The molecule has 3 N–H and O–H groups in total. The second-order valence-corrected chi connectivity index (χ2v) is 3.72. The van der Waals surface area contributed by atoms with E-state index in [1.807, 2.05) is 0 Å². The summed E-state index contributed by atoms with van der Waals surface area (Å²) in [5.74, 6) is 0. The molecule has 4 heteroatoms. The van der Waals surface area contributed by atoms with Crippen molar-refractivity contribution in [2.24, 2.45) is 0 Å². The maximum absolute atomic E-state index is 9.84. The maximum Gasteiger partial charge on any atom is 0.106 e. The fourth-order valence-electron chi connectivity index (χ4n) is 1.52. The zero-order valence-electron chi connectivity index (χ0n) is 9.09. The summed E-state index contributed by atoms with van der Waals surface area (Å²) < 4.78 is 0. The number of aryl methyl sites for hydroxylation is 1. The predicted molar refractivity (Wildman–Crippen MR) is 58.3 cm³/mol. The van der Waals surface area contributed by atoms with E-state index in [-0.39, 0.29) is 13.0 Å². The van der Waals surface area contributed by atoms with Crippen LogP contribution in [0.4, 0.5) is 0 Å². The third-order valence-corrected chi connectivity index (χ3v) is 2.51. The van der Waals surface area contributed by atoms with Gasteiger partial charge in [0.1, 0.15) is 6.10 Å². The van der Waals surface area contributed by atoms with Gasteiger partial charge in [-0.05, 0) is 23.6 Å². The molecule has 2 unspecified atom stereocenters. The zero-order valence-corrected chi connectivity index (χ0v) is 9.09. The number of aliphatic hydroxyl groups excluding tert-OH is 3. The lowest BCUT2D eigenvalue weighted by molar-refractivity contribution is 0.0212. The largest absolute Gasteiger partial charge is 0.392 e. The number of aliphatic hydroxyl groups is 3. The van der Waals surface area contributed by atoms with Gasteiger partial charge in [-0.3, -0.25) is 0 Å². The van der Waals surface area contributed by atoms with Crippen molar-refractivity contribution < 1.29 is 15.3 Å². The van der Waals surface area contributed by atoms with Crippen LogP contribution in [-0.4, -0.2) is 21.4 Å². The molecule has 0 amide bonds. The minimum Gasteiger partial charge on any atom is -0.392 e. The quantitative estimate of drug-likeness (QED) is 0.702. The second-order valence-electron chi connectivity index (χ2n) is 3.72. The zero-order chi connectivity index (χ0) is 12.1. The van der Waals surface area contributed by atoms with Crippen molar-refractivity contribution in [3.8, 4) is 6.07 Å². The van der Waals surface area contributed by atoms with Crippen LogP contribution < -0.4 is 0 Å². The molecule has 4 nitrogen and oxygen atoms in total. The van der Waals surface area contributed by atoms with Crippen molar-refractivity contribution in [2.75, 3.05) is 0 Å². The van der Waals surface area contributed by atoms with Gasteiger partial charge in [-0.25, -0.2) is 0 Å². The first-order valence-corrected chi connectivity index (χ1v) is 5.03. The van der Waals surface area contributed by atoms with Crippen molar-refractivity contribution >= 4 is 0 Å². The van der Waals surface area contributed by atoms with E-state index in [9.17, 15) is 10.2 Å². The van der Waals surface area contributed by atoms with E-state index in [1.54, 1.807) is 31.2 Å². The summed E-state index contributed by atoms with van der Waals surface area (Å²) in [5, 5.41) is 36.8. The van der Waals surface area contributed by atoms with Gasteiger partial charge in [0, 0.05) is 0 Å². The van der Waals surface area contributed by atoms with Crippen LogP contribution in [0.2, 0.25) is 0 Å². The lowest BCUT2D eigenvalue weighted by Crippen LogP contribution is -2.18. The molecule has 0 spiro atoms. The fraction of sp³-hybridized carbons (Fsp3) is 0.417. The van der Waals surface area contributed by atoms with Crippen LogP contribution in [0, 0.1) is 18.3 Å². The highest BCUT2D eigenvalue weighted by Crippen LogP contribution is 2.23. The molecule has 16 heavy (non-hydrogen) atoms. The van der Waals surface area contributed by atoms with Crippen LogP contribution in [0.3, 0.4) is 0 Å². The average Bonchev–Trinajstić information content (AvgIpc) is 2.29. The van der Waals surface area contributed by atoms with Gasteiger partial charge >= 0.3 is 0 Å². The molecule has 0 radical (unpaired) electrons. The first-order valence-electron chi connectivity index (χ1n) is 5.03. The van der Waals surface area contributed by atoms with Gasteiger partial charge in [-0.1, -0.05) is 18.2 Å². The summed E-state index contributed by atoms with van der Waals surface area (Å²) in [7, 11) is 0. The third kappa shape index (κ3) is 2.80. The molecule has 1 aromatic rings. The summed E-state index contributed by atoms with van der Waals surface area (Å²) in [5.41, 5.74) is 2.04. The Labute approximate surface area is 94.4 Å². The van der Waals surface area contributed by atoms with E-state index in [4.69, 9.17) is 10.4 Å². The first kappa shape index (κ1) is 12.7.